The minimum Gasteiger partial charge on any atom is -0.453 e. The normalized spacial score (nSPS) is 11.8. The minimum atomic E-state index is 0.892. The van der Waals surface area contributed by atoms with E-state index < -0.39 is 0 Å². The first-order valence-electron chi connectivity index (χ1n) is 10.7. The number of benzene rings is 4. The Morgan fingerprint density at radius 3 is 1.94 bits per heavy atom. The first kappa shape index (κ1) is 17.3. The van der Waals surface area contributed by atoms with E-state index in [2.05, 4.69) is 101 Å². The minimum absolute atomic E-state index is 0.892. The van der Waals surface area contributed by atoms with Crippen LogP contribution in [0.2, 0.25) is 0 Å². The molecule has 0 spiro atoms. The third-order valence-electron chi connectivity index (χ3n) is 6.30. The van der Waals surface area contributed by atoms with Gasteiger partial charge in [0.1, 0.15) is 5.58 Å². The molecule has 0 aliphatic heterocycles. The lowest BCUT2D eigenvalue weighted by atomic mass is 10.0. The zero-order valence-electron chi connectivity index (χ0n) is 17.2. The number of hydrogen-bond acceptors (Lipinski definition) is 2. The highest BCUT2D eigenvalue weighted by Gasteiger charge is 2.18. The molecule has 0 atom stereocenters. The molecule has 0 N–H and O–H groups in total. The van der Waals surface area contributed by atoms with Crippen LogP contribution in [0.4, 0.5) is 0 Å². The van der Waals surface area contributed by atoms with Crippen LogP contribution in [-0.4, -0.2) is 9.55 Å². The molecule has 32 heavy (non-hydrogen) atoms. The molecule has 7 aromatic rings. The van der Waals surface area contributed by atoms with Gasteiger partial charge >= 0.3 is 0 Å². The van der Waals surface area contributed by atoms with Gasteiger partial charge in [0.15, 0.2) is 5.58 Å². The lowest BCUT2D eigenvalue weighted by Crippen LogP contribution is -1.93. The Kier molecular flexibility index (Phi) is 3.55. The summed E-state index contributed by atoms with van der Waals surface area (Å²) in [6.45, 7) is 0. The molecule has 0 aliphatic rings. The first-order chi connectivity index (χ1) is 15.9. The average molecular weight is 410 g/mol. The Morgan fingerprint density at radius 1 is 0.562 bits per heavy atom. The molecule has 0 aliphatic carbocycles. The van der Waals surface area contributed by atoms with Gasteiger partial charge in [0.05, 0.1) is 16.7 Å². The second-order valence-electron chi connectivity index (χ2n) is 8.05. The zero-order valence-corrected chi connectivity index (χ0v) is 17.2. The third-order valence-corrected chi connectivity index (χ3v) is 6.30. The summed E-state index contributed by atoms with van der Waals surface area (Å²) < 4.78 is 8.96. The largest absolute Gasteiger partial charge is 0.453 e. The van der Waals surface area contributed by atoms with Crippen molar-refractivity contribution in [2.24, 2.45) is 0 Å². The highest BCUT2D eigenvalue weighted by molar-refractivity contribution is 6.14. The van der Waals surface area contributed by atoms with E-state index in [0.717, 1.165) is 38.8 Å². The number of fused-ring (bicyclic) bond motifs is 6. The molecule has 0 saturated carbocycles. The van der Waals surface area contributed by atoms with Crippen LogP contribution in [-0.2, 0) is 0 Å². The van der Waals surface area contributed by atoms with Crippen molar-refractivity contribution in [2.45, 2.75) is 0 Å². The van der Waals surface area contributed by atoms with Gasteiger partial charge in [-0.05, 0) is 24.3 Å². The maximum absolute atomic E-state index is 6.64. The molecule has 0 amide bonds. The van der Waals surface area contributed by atoms with Gasteiger partial charge < -0.3 is 8.98 Å². The Balaban J connectivity index is 1.61. The van der Waals surface area contributed by atoms with Gasteiger partial charge in [-0.3, -0.25) is 4.98 Å². The van der Waals surface area contributed by atoms with Crippen molar-refractivity contribution in [3.8, 4) is 16.8 Å². The Morgan fingerprint density at radius 2 is 1.22 bits per heavy atom. The van der Waals surface area contributed by atoms with Crippen molar-refractivity contribution in [2.75, 3.05) is 0 Å². The fourth-order valence-corrected chi connectivity index (χ4v) is 4.91. The van der Waals surface area contributed by atoms with Crippen LogP contribution in [0.1, 0.15) is 0 Å². The third kappa shape index (κ3) is 2.33. The number of para-hydroxylation sites is 4. The Labute approximate surface area is 184 Å². The number of rotatable bonds is 2. The number of furan rings is 1. The molecule has 0 saturated heterocycles. The highest BCUT2D eigenvalue weighted by Crippen LogP contribution is 2.40. The monoisotopic (exact) mass is 410 g/mol. The van der Waals surface area contributed by atoms with E-state index in [0.29, 0.717) is 0 Å². The molecule has 0 unspecified atom stereocenters. The summed E-state index contributed by atoms with van der Waals surface area (Å²) >= 11 is 0. The molecule has 3 aromatic heterocycles. The van der Waals surface area contributed by atoms with Crippen molar-refractivity contribution in [3.63, 3.8) is 0 Å². The topological polar surface area (TPSA) is 31.0 Å². The summed E-state index contributed by atoms with van der Waals surface area (Å²) in [4.78, 5) is 4.30. The highest BCUT2D eigenvalue weighted by atomic mass is 16.3. The van der Waals surface area contributed by atoms with Crippen LogP contribution >= 0.6 is 0 Å². The van der Waals surface area contributed by atoms with Crippen molar-refractivity contribution in [3.05, 3.63) is 109 Å². The molecule has 3 heteroatoms. The smallest absolute Gasteiger partial charge is 0.159 e. The van der Waals surface area contributed by atoms with Crippen LogP contribution < -0.4 is 0 Å². The maximum atomic E-state index is 6.64. The van der Waals surface area contributed by atoms with E-state index in [4.69, 9.17) is 4.42 Å². The molecule has 3 nitrogen and oxygen atoms in total. The second kappa shape index (κ2) is 6.56. The first-order valence-corrected chi connectivity index (χ1v) is 10.7. The quantitative estimate of drug-likeness (QED) is 0.292. The van der Waals surface area contributed by atoms with Crippen molar-refractivity contribution < 1.29 is 4.42 Å². The summed E-state index contributed by atoms with van der Waals surface area (Å²) in [5, 5.41) is 4.72. The van der Waals surface area contributed by atoms with E-state index in [9.17, 15) is 0 Å². The number of hydrogen-bond donors (Lipinski definition) is 0. The number of nitrogens with zero attached hydrogens (tertiary/aromatic N) is 2. The van der Waals surface area contributed by atoms with Crippen LogP contribution in [0.25, 0.3) is 60.6 Å². The molecule has 0 bridgehead atoms. The standard InChI is InChI=1S/C29H18N2O/c1-3-14-25-21(9-1)22-10-2-4-15-26(22)31(25)27-16-6-13-24-23-12-5-11-20(28(23)32-29(24)27)19-8-7-17-30-18-19/h1-18H. The predicted octanol–water partition coefficient (Wildman–Crippen LogP) is 7.75. The van der Waals surface area contributed by atoms with Gasteiger partial charge in [-0.25, -0.2) is 0 Å². The van der Waals surface area contributed by atoms with Crippen LogP contribution in [0.3, 0.4) is 0 Å². The van der Waals surface area contributed by atoms with Crippen LogP contribution in [0, 0.1) is 0 Å². The molecule has 150 valence electrons. The Bertz CT molecular complexity index is 1720. The number of pyridine rings is 1. The maximum Gasteiger partial charge on any atom is 0.159 e. The zero-order chi connectivity index (χ0) is 21.1. The summed E-state index contributed by atoms with van der Waals surface area (Å²) in [5.74, 6) is 0. The van der Waals surface area contributed by atoms with Gasteiger partial charge in [0.2, 0.25) is 0 Å². The van der Waals surface area contributed by atoms with Gasteiger partial charge in [-0.1, -0.05) is 72.8 Å². The Hall–Kier alpha value is -4.37. The fourth-order valence-electron chi connectivity index (χ4n) is 4.91. The van der Waals surface area contributed by atoms with E-state index >= 15 is 0 Å². The van der Waals surface area contributed by atoms with E-state index in [1.807, 2.05) is 12.3 Å². The molecule has 7 rings (SSSR count). The molecule has 0 fully saturated rings. The van der Waals surface area contributed by atoms with Gasteiger partial charge in [-0.2, -0.15) is 0 Å². The SMILES string of the molecule is c1cncc(-c2cccc3c2oc2c(-n4c5ccccc5c5ccccc54)cccc23)c1. The predicted molar refractivity (Wildman–Crippen MR) is 131 cm³/mol. The summed E-state index contributed by atoms with van der Waals surface area (Å²) in [6.07, 6.45) is 3.68. The fraction of sp³-hybridized carbons (Fsp3) is 0. The van der Waals surface area contributed by atoms with Crippen LogP contribution in [0.15, 0.2) is 114 Å². The van der Waals surface area contributed by atoms with Crippen molar-refractivity contribution >= 4 is 43.7 Å². The lowest BCUT2D eigenvalue weighted by Gasteiger charge is -2.08. The lowest BCUT2D eigenvalue weighted by molar-refractivity contribution is 0.667. The summed E-state index contributed by atoms with van der Waals surface area (Å²) in [5.41, 5.74) is 7.29. The van der Waals surface area contributed by atoms with E-state index in [-0.39, 0.29) is 0 Å². The molecule has 0 radical (unpaired) electrons. The van der Waals surface area contributed by atoms with E-state index in [1.165, 1.54) is 21.8 Å². The second-order valence-corrected chi connectivity index (χ2v) is 8.05. The summed E-state index contributed by atoms with van der Waals surface area (Å²) in [6, 6.07) is 33.9. The molecular formula is C29H18N2O. The van der Waals surface area contributed by atoms with E-state index in [1.54, 1.807) is 6.20 Å². The van der Waals surface area contributed by atoms with Gasteiger partial charge in [0.25, 0.3) is 0 Å². The molecular weight excluding hydrogens is 392 g/mol. The van der Waals surface area contributed by atoms with Gasteiger partial charge in [-0.15, -0.1) is 0 Å². The molecule has 3 heterocycles. The summed E-state index contributed by atoms with van der Waals surface area (Å²) in [7, 11) is 0. The van der Waals surface area contributed by atoms with Crippen molar-refractivity contribution in [1.29, 1.82) is 0 Å². The average Bonchev–Trinajstić information content (AvgIpc) is 3.41. The van der Waals surface area contributed by atoms with Crippen LogP contribution in [0.5, 0.6) is 0 Å². The number of aromatic nitrogens is 2. The van der Waals surface area contributed by atoms with Gasteiger partial charge in [0, 0.05) is 45.1 Å². The van der Waals surface area contributed by atoms with Crippen molar-refractivity contribution in [1.82, 2.24) is 9.55 Å². The molecule has 4 aromatic carbocycles.